The lowest BCUT2D eigenvalue weighted by Crippen LogP contribution is -2.38. The fraction of sp³-hybridized carbons (Fsp3) is 0.500. The van der Waals surface area contributed by atoms with Crippen LogP contribution in [-0.2, 0) is 0 Å². The second kappa shape index (κ2) is 5.38. The average molecular weight is 281 g/mol. The number of aliphatic hydroxyl groups is 1. The second-order valence-corrected chi connectivity index (χ2v) is 5.79. The standard InChI is InChI=1S/C14H20FN3O2/c1-14(2,3)16-7-10(19)8-5-11(20-4)12(15)13-9(8)6-17-18-13/h5-6,10,16,19H,7H2,1-4H3,(H,17,18)/t10-/m0/s1. The van der Waals surface area contributed by atoms with Crippen molar-refractivity contribution < 1.29 is 14.2 Å². The quantitative estimate of drug-likeness (QED) is 0.803. The number of aliphatic hydroxyl groups excluding tert-OH is 1. The van der Waals surface area contributed by atoms with E-state index in [0.29, 0.717) is 17.5 Å². The van der Waals surface area contributed by atoms with Crippen molar-refractivity contribution >= 4 is 10.9 Å². The van der Waals surface area contributed by atoms with Gasteiger partial charge in [-0.25, -0.2) is 4.39 Å². The Labute approximate surface area is 117 Å². The van der Waals surface area contributed by atoms with Gasteiger partial charge in [-0.15, -0.1) is 0 Å². The van der Waals surface area contributed by atoms with Gasteiger partial charge in [0.25, 0.3) is 0 Å². The highest BCUT2D eigenvalue weighted by Gasteiger charge is 2.20. The Hall–Kier alpha value is -1.66. The van der Waals surface area contributed by atoms with Gasteiger partial charge in [-0.2, -0.15) is 5.10 Å². The number of aromatic amines is 1. The summed E-state index contributed by atoms with van der Waals surface area (Å²) in [5, 5.41) is 20.5. The first-order valence-electron chi connectivity index (χ1n) is 6.46. The first kappa shape index (κ1) is 14.7. The molecule has 0 aliphatic heterocycles. The third-order valence-electron chi connectivity index (χ3n) is 3.08. The molecule has 20 heavy (non-hydrogen) atoms. The van der Waals surface area contributed by atoms with Crippen LogP contribution >= 0.6 is 0 Å². The molecule has 1 atom stereocenters. The summed E-state index contributed by atoms with van der Waals surface area (Å²) in [6.07, 6.45) is 0.733. The first-order valence-corrected chi connectivity index (χ1v) is 6.46. The number of fused-ring (bicyclic) bond motifs is 1. The summed E-state index contributed by atoms with van der Waals surface area (Å²) in [5.41, 5.74) is 0.721. The molecule has 2 rings (SSSR count). The molecule has 3 N–H and O–H groups in total. The number of β-amino-alcohol motifs (C(OH)–C–C–N with tert-alkyl or cyclic N) is 1. The van der Waals surface area contributed by atoms with Crippen LogP contribution in [0.25, 0.3) is 10.9 Å². The van der Waals surface area contributed by atoms with Gasteiger partial charge in [-0.1, -0.05) is 0 Å². The van der Waals surface area contributed by atoms with E-state index in [4.69, 9.17) is 4.74 Å². The van der Waals surface area contributed by atoms with E-state index in [1.54, 1.807) is 0 Å². The van der Waals surface area contributed by atoms with E-state index in [0.717, 1.165) is 0 Å². The molecule has 0 aliphatic rings. The summed E-state index contributed by atoms with van der Waals surface area (Å²) >= 11 is 0. The van der Waals surface area contributed by atoms with Crippen LogP contribution in [0.4, 0.5) is 4.39 Å². The highest BCUT2D eigenvalue weighted by Crippen LogP contribution is 2.31. The molecule has 0 bridgehead atoms. The number of hydrogen-bond acceptors (Lipinski definition) is 4. The Kier molecular flexibility index (Phi) is 3.96. The minimum atomic E-state index is -0.774. The van der Waals surface area contributed by atoms with Crippen LogP contribution in [0.15, 0.2) is 12.3 Å². The smallest absolute Gasteiger partial charge is 0.190 e. The Bertz CT molecular complexity index is 604. The summed E-state index contributed by atoms with van der Waals surface area (Å²) in [6, 6.07) is 1.52. The zero-order valence-corrected chi connectivity index (χ0v) is 12.1. The maximum absolute atomic E-state index is 14.0. The van der Waals surface area contributed by atoms with Gasteiger partial charge in [0.15, 0.2) is 11.6 Å². The highest BCUT2D eigenvalue weighted by atomic mass is 19.1. The number of nitrogens with zero attached hydrogens (tertiary/aromatic N) is 1. The molecule has 0 spiro atoms. The van der Waals surface area contributed by atoms with Crippen molar-refractivity contribution in [2.24, 2.45) is 0 Å². The molecule has 0 unspecified atom stereocenters. The number of H-pyrrole nitrogens is 1. The third-order valence-corrected chi connectivity index (χ3v) is 3.08. The van der Waals surface area contributed by atoms with Crippen LogP contribution in [-0.4, -0.2) is 34.5 Å². The molecule has 1 aromatic heterocycles. The van der Waals surface area contributed by atoms with Crippen molar-refractivity contribution in [2.45, 2.75) is 32.4 Å². The summed E-state index contributed by atoms with van der Waals surface area (Å²) in [6.45, 7) is 6.40. The van der Waals surface area contributed by atoms with Crippen LogP contribution < -0.4 is 10.1 Å². The molecular weight excluding hydrogens is 261 g/mol. The highest BCUT2D eigenvalue weighted by molar-refractivity contribution is 5.84. The number of halogens is 1. The normalized spacial score (nSPS) is 13.7. The number of benzene rings is 1. The lowest BCUT2D eigenvalue weighted by molar-refractivity contribution is 0.164. The summed E-state index contributed by atoms with van der Waals surface area (Å²) in [5.74, 6) is -0.411. The van der Waals surface area contributed by atoms with Gasteiger partial charge in [0.1, 0.15) is 5.52 Å². The summed E-state index contributed by atoms with van der Waals surface area (Å²) < 4.78 is 19.0. The molecule has 5 nitrogen and oxygen atoms in total. The number of nitrogens with one attached hydrogen (secondary N) is 2. The maximum Gasteiger partial charge on any atom is 0.190 e. The monoisotopic (exact) mass is 281 g/mol. The lowest BCUT2D eigenvalue weighted by atomic mass is 10.0. The largest absolute Gasteiger partial charge is 0.494 e. The zero-order valence-electron chi connectivity index (χ0n) is 12.1. The molecule has 0 fully saturated rings. The van der Waals surface area contributed by atoms with Crippen LogP contribution in [0.1, 0.15) is 32.4 Å². The first-order chi connectivity index (χ1) is 9.33. The Morgan fingerprint density at radius 2 is 2.20 bits per heavy atom. The van der Waals surface area contributed by atoms with E-state index >= 15 is 0 Å². The van der Waals surface area contributed by atoms with Crippen molar-refractivity contribution in [3.05, 3.63) is 23.6 Å². The molecule has 0 radical (unpaired) electrons. The van der Waals surface area contributed by atoms with Crippen LogP contribution in [0, 0.1) is 5.82 Å². The molecular formula is C14H20FN3O2. The van der Waals surface area contributed by atoms with Gasteiger partial charge >= 0.3 is 0 Å². The minimum absolute atomic E-state index is 0.0894. The third kappa shape index (κ3) is 2.91. The number of ether oxygens (including phenoxy) is 1. The molecule has 1 aromatic carbocycles. The van der Waals surface area contributed by atoms with Crippen LogP contribution in [0.3, 0.4) is 0 Å². The second-order valence-electron chi connectivity index (χ2n) is 5.79. The molecule has 2 aromatic rings. The van der Waals surface area contributed by atoms with Gasteiger partial charge in [-0.3, -0.25) is 5.10 Å². The lowest BCUT2D eigenvalue weighted by Gasteiger charge is -2.23. The van der Waals surface area contributed by atoms with E-state index in [1.165, 1.54) is 19.4 Å². The van der Waals surface area contributed by atoms with Crippen molar-refractivity contribution in [2.75, 3.05) is 13.7 Å². The van der Waals surface area contributed by atoms with Crippen LogP contribution in [0.5, 0.6) is 5.75 Å². The fourth-order valence-corrected chi connectivity index (χ4v) is 2.01. The molecule has 0 aliphatic carbocycles. The van der Waals surface area contributed by atoms with Gasteiger partial charge in [0, 0.05) is 17.5 Å². The van der Waals surface area contributed by atoms with E-state index in [9.17, 15) is 9.50 Å². The maximum atomic E-state index is 14.0. The van der Waals surface area contributed by atoms with Gasteiger partial charge in [-0.05, 0) is 32.4 Å². The number of aromatic nitrogens is 2. The SMILES string of the molecule is COc1cc([C@@H](O)CNC(C)(C)C)c2cn[nH]c2c1F. The summed E-state index contributed by atoms with van der Waals surface area (Å²) in [4.78, 5) is 0. The molecule has 0 amide bonds. The number of rotatable bonds is 4. The van der Waals surface area contributed by atoms with Crippen molar-refractivity contribution in [3.63, 3.8) is 0 Å². The van der Waals surface area contributed by atoms with Gasteiger partial charge < -0.3 is 15.2 Å². The van der Waals surface area contributed by atoms with Crippen molar-refractivity contribution in [1.82, 2.24) is 15.5 Å². The predicted molar refractivity (Wildman–Crippen MR) is 75.3 cm³/mol. The molecule has 110 valence electrons. The van der Waals surface area contributed by atoms with Gasteiger partial charge in [0.2, 0.25) is 0 Å². The minimum Gasteiger partial charge on any atom is -0.494 e. The number of hydrogen-bond donors (Lipinski definition) is 3. The van der Waals surface area contributed by atoms with Gasteiger partial charge in [0.05, 0.1) is 19.4 Å². The summed E-state index contributed by atoms with van der Waals surface area (Å²) in [7, 11) is 1.39. The van der Waals surface area contributed by atoms with Crippen molar-refractivity contribution in [3.8, 4) is 5.75 Å². The molecule has 0 saturated heterocycles. The topological polar surface area (TPSA) is 70.2 Å². The van der Waals surface area contributed by atoms with Crippen molar-refractivity contribution in [1.29, 1.82) is 0 Å². The Morgan fingerprint density at radius 3 is 2.80 bits per heavy atom. The Balaban J connectivity index is 2.38. The van der Waals surface area contributed by atoms with E-state index in [-0.39, 0.29) is 16.8 Å². The van der Waals surface area contributed by atoms with Crippen LogP contribution in [0.2, 0.25) is 0 Å². The zero-order chi connectivity index (χ0) is 14.9. The molecule has 1 heterocycles. The molecule has 0 saturated carbocycles. The fourth-order valence-electron chi connectivity index (χ4n) is 2.01. The average Bonchev–Trinajstić information content (AvgIpc) is 2.85. The van der Waals surface area contributed by atoms with E-state index < -0.39 is 11.9 Å². The molecule has 6 heteroatoms. The van der Waals surface area contributed by atoms with E-state index in [2.05, 4.69) is 15.5 Å². The predicted octanol–water partition coefficient (Wildman–Crippen LogP) is 2.13. The number of methoxy groups -OCH3 is 1. The Morgan fingerprint density at radius 1 is 1.50 bits per heavy atom. The van der Waals surface area contributed by atoms with E-state index in [1.807, 2.05) is 20.8 Å².